The summed E-state index contributed by atoms with van der Waals surface area (Å²) in [4.78, 5) is 12.6. The molecule has 1 heterocycles. The molecule has 54 heavy (non-hydrogen) atoms. The molecule has 1 atom stereocenters. The minimum absolute atomic E-state index is 0.00185. The molecule has 0 aliphatic carbocycles. The topological polar surface area (TPSA) is 17.1 Å². The minimum Gasteiger partial charge on any atom is -0.300 e. The van der Waals surface area contributed by atoms with Gasteiger partial charge < -0.3 is 0 Å². The van der Waals surface area contributed by atoms with Crippen LogP contribution in [0.15, 0.2) is 72.8 Å². The predicted molar refractivity (Wildman–Crippen MR) is 247 cm³/mol. The van der Waals surface area contributed by atoms with Crippen molar-refractivity contribution >= 4 is 33.6 Å². The summed E-state index contributed by atoms with van der Waals surface area (Å²) >= 11 is 0. The Kier molecular flexibility index (Phi) is 14.5. The van der Waals surface area contributed by atoms with Gasteiger partial charge in [0.05, 0.1) is 0 Å². The quantitative estimate of drug-likeness (QED) is 0.155. The van der Waals surface area contributed by atoms with E-state index in [0.717, 1.165) is 0 Å². The Balaban J connectivity index is 0.000000258. The van der Waals surface area contributed by atoms with Crippen molar-refractivity contribution in [2.45, 2.75) is 169 Å². The summed E-state index contributed by atoms with van der Waals surface area (Å²) in [5.41, 5.74) is 14.4. The first-order chi connectivity index (χ1) is 25.1. The Morgan fingerprint density at radius 1 is 0.500 bits per heavy atom. The van der Waals surface area contributed by atoms with Gasteiger partial charge in [-0.15, -0.1) is 9.24 Å². The maximum atomic E-state index is 12.6. The fourth-order valence-corrected chi connectivity index (χ4v) is 13.4. The third kappa shape index (κ3) is 9.67. The van der Waals surface area contributed by atoms with Crippen molar-refractivity contribution in [2.24, 2.45) is 0 Å². The molecular weight excluding hydrogens is 691 g/mol. The van der Waals surface area contributed by atoms with Crippen LogP contribution in [0.2, 0.25) is 0 Å². The Morgan fingerprint density at radius 2 is 0.833 bits per heavy atom. The van der Waals surface area contributed by atoms with Crippen molar-refractivity contribution in [3.8, 4) is 22.3 Å². The van der Waals surface area contributed by atoms with Crippen molar-refractivity contribution in [3.63, 3.8) is 0 Å². The summed E-state index contributed by atoms with van der Waals surface area (Å²) in [7, 11) is 2.37. The first-order valence-electron chi connectivity index (χ1n) is 20.7. The number of ketones is 1. The molecule has 0 aromatic heterocycles. The molecule has 1 unspecified atom stereocenters. The molecular formula is C51H72OP2. The molecule has 1 nitrogen and oxygen atoms in total. The Morgan fingerprint density at radius 3 is 1.19 bits per heavy atom. The zero-order chi connectivity index (χ0) is 40.4. The van der Waals surface area contributed by atoms with E-state index in [1.807, 2.05) is 0 Å². The standard InChI is InChI=1S/C30H43OP.C21H29P/c1-19(2)22-15-25(20(3)4)28(26(16-22)21(5)6)24-13-11-12-14-27(24)32-29(7,8)17-23(31)18-30(32,9)10;1-13(2)16-11-18(14(3)4)21(19(12-16)15(5)6)17-9-7-8-10-20(17)22/h11-16,19-21H,17-18H2,1-10H3;7-15H,22H2,1-6H3. The van der Waals surface area contributed by atoms with E-state index in [-0.39, 0.29) is 10.3 Å². The van der Waals surface area contributed by atoms with E-state index in [2.05, 4.69) is 193 Å². The molecule has 0 amide bonds. The summed E-state index contributed by atoms with van der Waals surface area (Å²) in [5, 5.41) is 2.76. The van der Waals surface area contributed by atoms with Gasteiger partial charge in [0.2, 0.25) is 0 Å². The first kappa shape index (κ1) is 44.1. The molecule has 3 heteroatoms. The van der Waals surface area contributed by atoms with Crippen LogP contribution in [0.1, 0.15) is 193 Å². The highest BCUT2D eigenvalue weighted by Gasteiger charge is 2.48. The number of carbonyl (C=O) groups excluding carboxylic acids is 1. The second-order valence-corrected chi connectivity index (χ2v) is 23.2. The zero-order valence-corrected chi connectivity index (χ0v) is 38.8. The van der Waals surface area contributed by atoms with Gasteiger partial charge in [-0.3, -0.25) is 4.79 Å². The lowest BCUT2D eigenvalue weighted by Crippen LogP contribution is -2.43. The Labute approximate surface area is 334 Å². The highest BCUT2D eigenvalue weighted by atomic mass is 31.1. The Hall–Kier alpha value is -2.59. The minimum atomic E-state index is -0.529. The van der Waals surface area contributed by atoms with Crippen molar-refractivity contribution in [1.82, 2.24) is 0 Å². The van der Waals surface area contributed by atoms with Gasteiger partial charge in [-0.1, -0.05) is 191 Å². The van der Waals surface area contributed by atoms with Crippen molar-refractivity contribution < 1.29 is 4.79 Å². The van der Waals surface area contributed by atoms with Gasteiger partial charge in [-0.05, 0) is 112 Å². The van der Waals surface area contributed by atoms with E-state index >= 15 is 0 Å². The molecule has 0 N–H and O–H groups in total. The van der Waals surface area contributed by atoms with E-state index in [1.54, 1.807) is 0 Å². The molecule has 1 aliphatic rings. The summed E-state index contributed by atoms with van der Waals surface area (Å²) < 4.78 is 0. The van der Waals surface area contributed by atoms with Crippen LogP contribution in [0.4, 0.5) is 0 Å². The van der Waals surface area contributed by atoms with Gasteiger partial charge in [0, 0.05) is 12.8 Å². The summed E-state index contributed by atoms with van der Waals surface area (Å²) in [5.74, 6) is 3.46. The highest BCUT2D eigenvalue weighted by Crippen LogP contribution is 2.65. The van der Waals surface area contributed by atoms with Crippen LogP contribution >= 0.6 is 17.2 Å². The molecule has 0 saturated carbocycles. The summed E-state index contributed by atoms with van der Waals surface area (Å²) in [6.45, 7) is 37.0. The lowest BCUT2D eigenvalue weighted by molar-refractivity contribution is -0.120. The molecule has 1 saturated heterocycles. The highest BCUT2D eigenvalue weighted by molar-refractivity contribution is 7.69. The van der Waals surface area contributed by atoms with Crippen LogP contribution in [0.25, 0.3) is 22.3 Å². The molecule has 0 radical (unpaired) electrons. The molecule has 1 fully saturated rings. The number of benzene rings is 4. The third-order valence-electron chi connectivity index (χ3n) is 11.4. The average molecular weight is 763 g/mol. The van der Waals surface area contributed by atoms with E-state index < -0.39 is 7.92 Å². The maximum absolute atomic E-state index is 12.6. The number of hydrogen-bond acceptors (Lipinski definition) is 1. The van der Waals surface area contributed by atoms with E-state index in [9.17, 15) is 4.79 Å². The SMILES string of the molecule is CC(C)c1cc(C(C)C)c(-c2ccccc2P)c(C(C)C)c1.CC(C)c1cc(C(C)C)c(-c2ccccc2P2C(C)(C)CC(=O)CC2(C)C)c(C(C)C)c1. The lowest BCUT2D eigenvalue weighted by atomic mass is 9.82. The molecule has 4 aromatic rings. The molecule has 4 aromatic carbocycles. The van der Waals surface area contributed by atoms with Crippen molar-refractivity contribution in [1.29, 1.82) is 0 Å². The lowest BCUT2D eigenvalue weighted by Gasteiger charge is -2.50. The van der Waals surface area contributed by atoms with Crippen molar-refractivity contribution in [3.05, 3.63) is 106 Å². The molecule has 1 aliphatic heterocycles. The first-order valence-corrected chi connectivity index (χ1v) is 22.6. The molecule has 0 spiro atoms. The van der Waals surface area contributed by atoms with E-state index in [1.165, 1.54) is 66.2 Å². The normalized spacial score (nSPS) is 15.9. The van der Waals surface area contributed by atoms with Crippen LogP contribution in [-0.2, 0) is 4.79 Å². The number of rotatable bonds is 9. The summed E-state index contributed by atoms with van der Waals surface area (Å²) in [6.07, 6.45) is 1.38. The van der Waals surface area contributed by atoms with Crippen molar-refractivity contribution in [2.75, 3.05) is 0 Å². The number of hydrogen-bond donors (Lipinski definition) is 0. The second-order valence-electron chi connectivity index (χ2n) is 19.0. The summed E-state index contributed by atoms with van der Waals surface area (Å²) in [6, 6.07) is 27.6. The fourth-order valence-electron chi connectivity index (χ4n) is 8.80. The monoisotopic (exact) mass is 763 g/mol. The largest absolute Gasteiger partial charge is 0.300 e. The molecule has 292 valence electrons. The zero-order valence-electron chi connectivity index (χ0n) is 36.7. The van der Waals surface area contributed by atoms with Gasteiger partial charge >= 0.3 is 0 Å². The third-order valence-corrected chi connectivity index (χ3v) is 15.5. The number of carbonyl (C=O) groups is 1. The average Bonchev–Trinajstić information content (AvgIpc) is 3.06. The van der Waals surface area contributed by atoms with Gasteiger partial charge in [0.25, 0.3) is 0 Å². The predicted octanol–water partition coefficient (Wildman–Crippen LogP) is 15.0. The van der Waals surface area contributed by atoms with Crippen LogP contribution in [0.5, 0.6) is 0 Å². The van der Waals surface area contributed by atoms with Crippen LogP contribution < -0.4 is 10.6 Å². The maximum Gasteiger partial charge on any atom is 0.134 e. The van der Waals surface area contributed by atoms with Gasteiger partial charge in [-0.2, -0.15) is 0 Å². The van der Waals surface area contributed by atoms with Crippen LogP contribution in [-0.4, -0.2) is 16.1 Å². The smallest absolute Gasteiger partial charge is 0.134 e. The number of Topliss-reactive ketones (excluding diaryl/α,β-unsaturated/α-hetero) is 1. The molecule has 5 rings (SSSR count). The molecule has 0 bridgehead atoms. The van der Waals surface area contributed by atoms with Crippen LogP contribution in [0.3, 0.4) is 0 Å². The second kappa shape index (κ2) is 17.7. The van der Waals surface area contributed by atoms with Gasteiger partial charge in [0.15, 0.2) is 0 Å². The Bertz CT molecular complexity index is 1840. The van der Waals surface area contributed by atoms with Gasteiger partial charge in [0.1, 0.15) is 5.78 Å². The van der Waals surface area contributed by atoms with E-state index in [0.29, 0.717) is 54.1 Å². The van der Waals surface area contributed by atoms with E-state index in [4.69, 9.17) is 0 Å². The fraction of sp³-hybridized carbons (Fsp3) is 0.510. The van der Waals surface area contributed by atoms with Crippen LogP contribution in [0, 0.1) is 0 Å². The van der Waals surface area contributed by atoms with Gasteiger partial charge in [-0.25, -0.2) is 0 Å².